The molecule has 0 aromatic heterocycles. The molecule has 1 heterocycles. The summed E-state index contributed by atoms with van der Waals surface area (Å²) in [5, 5.41) is 7.77. The molecule has 0 bridgehead atoms. The molecule has 0 aromatic rings. The molecule has 2 heteroatoms. The van der Waals surface area contributed by atoms with Crippen LogP contribution in [-0.2, 0) is 0 Å². The average molecular weight is 278 g/mol. The number of hydrogen-bond acceptors (Lipinski definition) is 2. The minimum absolute atomic E-state index is 0.641. The molecule has 0 aromatic carbocycles. The first-order valence-corrected chi connectivity index (χ1v) is 9.28. The van der Waals surface area contributed by atoms with Crippen molar-refractivity contribution in [2.45, 2.75) is 89.6 Å². The van der Waals surface area contributed by atoms with Crippen LogP contribution in [0.3, 0.4) is 0 Å². The van der Waals surface area contributed by atoms with Crippen molar-refractivity contribution in [3.05, 3.63) is 0 Å². The highest BCUT2D eigenvalue weighted by Gasteiger charge is 2.33. The molecule has 20 heavy (non-hydrogen) atoms. The fraction of sp³-hybridized carbons (Fsp3) is 1.00. The fourth-order valence-corrected chi connectivity index (χ4v) is 5.03. The standard InChI is InChI=1S/C18H34N2/c1-2-18(11-5-6-12-18)14-19-13-16-10-9-15-7-3-4-8-17(15)20-16/h15-17,19-20H,2-14H2,1H3. The van der Waals surface area contributed by atoms with Gasteiger partial charge >= 0.3 is 0 Å². The van der Waals surface area contributed by atoms with E-state index in [9.17, 15) is 0 Å². The quantitative estimate of drug-likeness (QED) is 0.798. The first-order chi connectivity index (χ1) is 9.81. The van der Waals surface area contributed by atoms with E-state index in [0.29, 0.717) is 5.41 Å². The molecule has 2 nitrogen and oxygen atoms in total. The van der Waals surface area contributed by atoms with Gasteiger partial charge in [0, 0.05) is 25.2 Å². The molecular formula is C18H34N2. The highest BCUT2D eigenvalue weighted by molar-refractivity contribution is 4.91. The lowest BCUT2D eigenvalue weighted by Gasteiger charge is -2.41. The second kappa shape index (κ2) is 6.79. The normalized spacial score (nSPS) is 36.8. The van der Waals surface area contributed by atoms with Crippen molar-refractivity contribution in [1.82, 2.24) is 10.6 Å². The monoisotopic (exact) mass is 278 g/mol. The Morgan fingerprint density at radius 3 is 2.60 bits per heavy atom. The van der Waals surface area contributed by atoms with Gasteiger partial charge in [-0.25, -0.2) is 0 Å². The number of hydrogen-bond donors (Lipinski definition) is 2. The molecular weight excluding hydrogens is 244 g/mol. The molecule has 1 aliphatic heterocycles. The summed E-state index contributed by atoms with van der Waals surface area (Å²) in [6, 6.07) is 1.58. The summed E-state index contributed by atoms with van der Waals surface area (Å²) in [6.45, 7) is 4.85. The van der Waals surface area contributed by atoms with Crippen LogP contribution in [0.4, 0.5) is 0 Å². The first kappa shape index (κ1) is 14.8. The number of fused-ring (bicyclic) bond motifs is 1. The maximum Gasteiger partial charge on any atom is 0.0195 e. The first-order valence-electron chi connectivity index (χ1n) is 9.28. The van der Waals surface area contributed by atoms with Gasteiger partial charge in [0.25, 0.3) is 0 Å². The number of nitrogens with one attached hydrogen (secondary N) is 2. The third-order valence-corrected chi connectivity index (χ3v) is 6.55. The number of rotatable bonds is 5. The highest BCUT2D eigenvalue weighted by atomic mass is 15.0. The average Bonchev–Trinajstić information content (AvgIpc) is 2.96. The third kappa shape index (κ3) is 3.39. The summed E-state index contributed by atoms with van der Waals surface area (Å²) < 4.78 is 0. The van der Waals surface area contributed by atoms with Gasteiger partial charge in [0.2, 0.25) is 0 Å². The van der Waals surface area contributed by atoms with Crippen LogP contribution in [0.15, 0.2) is 0 Å². The van der Waals surface area contributed by atoms with E-state index in [1.165, 1.54) is 83.7 Å². The second-order valence-corrected chi connectivity index (χ2v) is 7.78. The zero-order valence-electron chi connectivity index (χ0n) is 13.4. The SMILES string of the molecule is CCC1(CNCC2CCC3CCCCC3N2)CCCC1. The molecule has 0 amide bonds. The van der Waals surface area contributed by atoms with Crippen LogP contribution in [0.2, 0.25) is 0 Å². The molecule has 0 radical (unpaired) electrons. The summed E-state index contributed by atoms with van der Waals surface area (Å²) in [6.07, 6.45) is 15.9. The lowest BCUT2D eigenvalue weighted by molar-refractivity contribution is 0.170. The highest BCUT2D eigenvalue weighted by Crippen LogP contribution is 2.40. The summed E-state index contributed by atoms with van der Waals surface area (Å²) in [7, 11) is 0. The van der Waals surface area contributed by atoms with Crippen LogP contribution in [-0.4, -0.2) is 25.2 Å². The maximum absolute atomic E-state index is 3.95. The van der Waals surface area contributed by atoms with Crippen LogP contribution in [0, 0.1) is 11.3 Å². The van der Waals surface area contributed by atoms with Gasteiger partial charge in [-0.05, 0) is 56.3 Å². The van der Waals surface area contributed by atoms with Gasteiger partial charge in [-0.1, -0.05) is 32.6 Å². The maximum atomic E-state index is 3.95. The van der Waals surface area contributed by atoms with Crippen molar-refractivity contribution in [1.29, 1.82) is 0 Å². The van der Waals surface area contributed by atoms with Crippen molar-refractivity contribution in [3.8, 4) is 0 Å². The van der Waals surface area contributed by atoms with Crippen molar-refractivity contribution < 1.29 is 0 Å². The predicted octanol–water partition coefficient (Wildman–Crippen LogP) is 3.86. The lowest BCUT2D eigenvalue weighted by Crippen LogP contribution is -2.53. The molecule has 2 saturated carbocycles. The molecule has 3 unspecified atom stereocenters. The van der Waals surface area contributed by atoms with E-state index < -0.39 is 0 Å². The van der Waals surface area contributed by atoms with Gasteiger partial charge in [-0.2, -0.15) is 0 Å². The van der Waals surface area contributed by atoms with Crippen molar-refractivity contribution >= 4 is 0 Å². The number of piperidine rings is 1. The molecule has 2 aliphatic carbocycles. The Balaban J connectivity index is 1.40. The van der Waals surface area contributed by atoms with Crippen LogP contribution in [0.1, 0.15) is 77.6 Å². The molecule has 3 atom stereocenters. The van der Waals surface area contributed by atoms with E-state index in [1.54, 1.807) is 0 Å². The fourth-order valence-electron chi connectivity index (χ4n) is 5.03. The van der Waals surface area contributed by atoms with Crippen LogP contribution in [0.5, 0.6) is 0 Å². The largest absolute Gasteiger partial charge is 0.315 e. The predicted molar refractivity (Wildman–Crippen MR) is 86.0 cm³/mol. The minimum atomic E-state index is 0.641. The zero-order chi connectivity index (χ0) is 13.8. The van der Waals surface area contributed by atoms with E-state index in [0.717, 1.165) is 18.0 Å². The summed E-state index contributed by atoms with van der Waals surface area (Å²) >= 11 is 0. The Morgan fingerprint density at radius 2 is 1.80 bits per heavy atom. The molecule has 3 aliphatic rings. The van der Waals surface area contributed by atoms with Crippen molar-refractivity contribution in [3.63, 3.8) is 0 Å². The van der Waals surface area contributed by atoms with Crippen molar-refractivity contribution in [2.75, 3.05) is 13.1 Å². The van der Waals surface area contributed by atoms with Crippen LogP contribution < -0.4 is 10.6 Å². The Morgan fingerprint density at radius 1 is 1.00 bits per heavy atom. The van der Waals surface area contributed by atoms with E-state index in [1.807, 2.05) is 0 Å². The summed E-state index contributed by atoms with van der Waals surface area (Å²) in [5.41, 5.74) is 0.641. The topological polar surface area (TPSA) is 24.1 Å². The molecule has 3 rings (SSSR count). The zero-order valence-corrected chi connectivity index (χ0v) is 13.4. The van der Waals surface area contributed by atoms with Gasteiger partial charge in [0.1, 0.15) is 0 Å². The van der Waals surface area contributed by atoms with Gasteiger partial charge in [0.05, 0.1) is 0 Å². The Labute approximate surface area is 125 Å². The minimum Gasteiger partial charge on any atom is -0.315 e. The van der Waals surface area contributed by atoms with Gasteiger partial charge in [-0.3, -0.25) is 0 Å². The van der Waals surface area contributed by atoms with E-state index in [-0.39, 0.29) is 0 Å². The second-order valence-electron chi connectivity index (χ2n) is 7.78. The van der Waals surface area contributed by atoms with Gasteiger partial charge in [-0.15, -0.1) is 0 Å². The lowest BCUT2D eigenvalue weighted by atomic mass is 9.77. The van der Waals surface area contributed by atoms with Gasteiger partial charge in [0.15, 0.2) is 0 Å². The summed E-state index contributed by atoms with van der Waals surface area (Å²) in [5.74, 6) is 0.997. The molecule has 0 spiro atoms. The van der Waals surface area contributed by atoms with Crippen molar-refractivity contribution in [2.24, 2.45) is 11.3 Å². The molecule has 1 saturated heterocycles. The molecule has 3 fully saturated rings. The molecule has 2 N–H and O–H groups in total. The van der Waals surface area contributed by atoms with Gasteiger partial charge < -0.3 is 10.6 Å². The van der Waals surface area contributed by atoms with Crippen LogP contribution in [0.25, 0.3) is 0 Å². The third-order valence-electron chi connectivity index (χ3n) is 6.55. The summed E-state index contributed by atoms with van der Waals surface area (Å²) in [4.78, 5) is 0. The van der Waals surface area contributed by atoms with Crippen LogP contribution >= 0.6 is 0 Å². The molecule has 116 valence electrons. The van der Waals surface area contributed by atoms with E-state index >= 15 is 0 Å². The van der Waals surface area contributed by atoms with E-state index in [2.05, 4.69) is 17.6 Å². The Bertz CT molecular complexity index is 296. The van der Waals surface area contributed by atoms with E-state index in [4.69, 9.17) is 0 Å². The smallest absolute Gasteiger partial charge is 0.0195 e. The Kier molecular flexibility index (Phi) is 5.04. The Hall–Kier alpha value is -0.0800.